The monoisotopic (exact) mass is 819 g/mol. The van der Waals surface area contributed by atoms with Gasteiger partial charge in [0.15, 0.2) is 0 Å². The van der Waals surface area contributed by atoms with Crippen molar-refractivity contribution in [3.63, 3.8) is 0 Å². The van der Waals surface area contributed by atoms with Gasteiger partial charge in [0.1, 0.15) is 6.10 Å². The lowest BCUT2D eigenvalue weighted by atomic mass is 9.94. The van der Waals surface area contributed by atoms with E-state index in [4.69, 9.17) is 9.47 Å². The van der Waals surface area contributed by atoms with Crippen LogP contribution in [-0.2, 0) is 19.1 Å². The first-order chi connectivity index (χ1) is 28.5. The van der Waals surface area contributed by atoms with Gasteiger partial charge in [0, 0.05) is 26.1 Å². The number of carbonyl (C=O) groups excluding carboxylic acids is 2. The van der Waals surface area contributed by atoms with E-state index in [0.717, 1.165) is 58.3 Å². The molecule has 1 rings (SSSR count). The third-order valence-electron chi connectivity index (χ3n) is 12.9. The molecule has 0 aromatic heterocycles. The molecule has 6 heteroatoms. The topological polar surface area (TPSA) is 59.1 Å². The van der Waals surface area contributed by atoms with Gasteiger partial charge in [-0.25, -0.2) is 0 Å². The average Bonchev–Trinajstić information content (AvgIpc) is 3.75. The van der Waals surface area contributed by atoms with Crippen molar-refractivity contribution in [1.82, 2.24) is 9.80 Å². The molecule has 0 N–H and O–H groups in total. The molecule has 1 saturated heterocycles. The van der Waals surface area contributed by atoms with Gasteiger partial charge in [-0.15, -0.1) is 0 Å². The van der Waals surface area contributed by atoms with Crippen LogP contribution in [0.25, 0.3) is 0 Å². The predicted molar refractivity (Wildman–Crippen MR) is 251 cm³/mol. The van der Waals surface area contributed by atoms with E-state index in [0.29, 0.717) is 25.4 Å². The molecule has 0 amide bonds. The van der Waals surface area contributed by atoms with Crippen molar-refractivity contribution in [2.75, 3.05) is 45.9 Å². The molecule has 1 fully saturated rings. The van der Waals surface area contributed by atoms with Gasteiger partial charge in [0.25, 0.3) is 0 Å². The number of rotatable bonds is 45. The fourth-order valence-corrected chi connectivity index (χ4v) is 8.84. The number of likely N-dealkylation sites (tertiary alicyclic amines) is 1. The van der Waals surface area contributed by atoms with E-state index in [-0.39, 0.29) is 18.0 Å². The van der Waals surface area contributed by atoms with Crippen LogP contribution in [0.4, 0.5) is 0 Å². The van der Waals surface area contributed by atoms with Crippen LogP contribution in [-0.4, -0.2) is 73.7 Å². The number of hydrogen-bond donors (Lipinski definition) is 0. The first-order valence-corrected chi connectivity index (χ1v) is 26.3. The van der Waals surface area contributed by atoms with Crippen molar-refractivity contribution < 1.29 is 19.1 Å². The summed E-state index contributed by atoms with van der Waals surface area (Å²) in [5.41, 5.74) is 0. The lowest BCUT2D eigenvalue weighted by molar-refractivity contribution is -0.150. The Balaban J connectivity index is 2.52. The maximum Gasteiger partial charge on any atom is 0.307 e. The van der Waals surface area contributed by atoms with E-state index in [9.17, 15) is 9.59 Å². The molecule has 6 nitrogen and oxygen atoms in total. The van der Waals surface area contributed by atoms with Gasteiger partial charge in [-0.1, -0.05) is 188 Å². The second-order valence-corrected chi connectivity index (χ2v) is 18.5. The fraction of sp³-hybridized carbons (Fsp3) is 0.962. The van der Waals surface area contributed by atoms with E-state index in [1.54, 1.807) is 0 Å². The number of carbonyl (C=O) groups is 2. The molecule has 1 atom stereocenters. The lowest BCUT2D eigenvalue weighted by Gasteiger charge is -2.25. The van der Waals surface area contributed by atoms with Gasteiger partial charge in [-0.3, -0.25) is 9.59 Å². The molecule has 0 radical (unpaired) electrons. The highest BCUT2D eigenvalue weighted by molar-refractivity contribution is 5.69. The van der Waals surface area contributed by atoms with Crippen molar-refractivity contribution in [2.45, 2.75) is 271 Å². The maximum absolute atomic E-state index is 13.1. The van der Waals surface area contributed by atoms with E-state index in [2.05, 4.69) is 37.5 Å². The van der Waals surface area contributed by atoms with E-state index in [1.807, 2.05) is 0 Å². The SMILES string of the molecule is CCCCCCCCCCC(CCCCCCCC)COC(=O)CCN(CCCCCC(=O)OC(CCCCCCCC)CCCCCCCC)CCN1CCCC1. The van der Waals surface area contributed by atoms with Crippen LogP contribution in [0.1, 0.15) is 265 Å². The van der Waals surface area contributed by atoms with Crippen molar-refractivity contribution >= 4 is 11.9 Å². The third-order valence-corrected chi connectivity index (χ3v) is 12.9. The highest BCUT2D eigenvalue weighted by Crippen LogP contribution is 2.21. The molecule has 0 bridgehead atoms. The zero-order chi connectivity index (χ0) is 42.0. The highest BCUT2D eigenvalue weighted by Gasteiger charge is 2.18. The Morgan fingerprint density at radius 1 is 0.466 bits per heavy atom. The second-order valence-electron chi connectivity index (χ2n) is 18.5. The Kier molecular flexibility index (Phi) is 40.3. The smallest absolute Gasteiger partial charge is 0.307 e. The largest absolute Gasteiger partial charge is 0.465 e. The number of nitrogens with zero attached hydrogens (tertiary/aromatic N) is 2. The molecule has 0 spiro atoms. The van der Waals surface area contributed by atoms with Crippen LogP contribution in [0.5, 0.6) is 0 Å². The average molecular weight is 819 g/mol. The lowest BCUT2D eigenvalue weighted by Crippen LogP contribution is -2.36. The molecule has 58 heavy (non-hydrogen) atoms. The van der Waals surface area contributed by atoms with Gasteiger partial charge in [-0.05, 0) is 89.8 Å². The summed E-state index contributed by atoms with van der Waals surface area (Å²) in [6.45, 7) is 16.0. The fourth-order valence-electron chi connectivity index (χ4n) is 8.84. The van der Waals surface area contributed by atoms with Crippen LogP contribution in [0.15, 0.2) is 0 Å². The highest BCUT2D eigenvalue weighted by atomic mass is 16.5. The van der Waals surface area contributed by atoms with Crippen LogP contribution in [0, 0.1) is 5.92 Å². The Morgan fingerprint density at radius 3 is 1.38 bits per heavy atom. The predicted octanol–water partition coefficient (Wildman–Crippen LogP) is 15.2. The molecular weight excluding hydrogens is 717 g/mol. The van der Waals surface area contributed by atoms with Gasteiger partial charge in [0.05, 0.1) is 13.0 Å². The van der Waals surface area contributed by atoms with Crippen molar-refractivity contribution in [3.8, 4) is 0 Å². The van der Waals surface area contributed by atoms with Crippen molar-refractivity contribution in [3.05, 3.63) is 0 Å². The van der Waals surface area contributed by atoms with Crippen molar-refractivity contribution in [2.24, 2.45) is 5.92 Å². The number of unbranched alkanes of at least 4 members (excludes halogenated alkanes) is 24. The minimum Gasteiger partial charge on any atom is -0.465 e. The molecule has 0 aromatic carbocycles. The van der Waals surface area contributed by atoms with Crippen LogP contribution >= 0.6 is 0 Å². The molecule has 0 aliphatic carbocycles. The standard InChI is InChI=1S/C52H102N2O4/c1-5-9-13-17-21-22-24-29-37-49(36-28-23-18-14-10-6-2)48-57-51(55)41-45-54(47-46-53-43-34-35-44-53)42-33-27-32-40-52(56)58-50(38-30-25-19-15-11-7-3)39-31-26-20-16-12-8-4/h49-50H,5-48H2,1-4H3. The summed E-state index contributed by atoms with van der Waals surface area (Å²) in [6.07, 6.45) is 45.2. The van der Waals surface area contributed by atoms with Gasteiger partial charge >= 0.3 is 11.9 Å². The Morgan fingerprint density at radius 2 is 0.897 bits per heavy atom. The van der Waals surface area contributed by atoms with Crippen LogP contribution < -0.4 is 0 Å². The summed E-state index contributed by atoms with van der Waals surface area (Å²) in [5, 5.41) is 0. The summed E-state index contributed by atoms with van der Waals surface area (Å²) in [4.78, 5) is 31.2. The van der Waals surface area contributed by atoms with Crippen LogP contribution in [0.3, 0.4) is 0 Å². The number of esters is 2. The Labute approximate surface area is 362 Å². The molecule has 344 valence electrons. The van der Waals surface area contributed by atoms with Crippen molar-refractivity contribution in [1.29, 1.82) is 0 Å². The van der Waals surface area contributed by atoms with Gasteiger partial charge in [-0.2, -0.15) is 0 Å². The molecule has 0 saturated carbocycles. The first kappa shape index (κ1) is 54.9. The van der Waals surface area contributed by atoms with E-state index in [1.165, 1.54) is 206 Å². The second kappa shape index (κ2) is 42.5. The molecule has 0 aromatic rings. The normalized spacial score (nSPS) is 13.9. The summed E-state index contributed by atoms with van der Waals surface area (Å²) in [6, 6.07) is 0. The van der Waals surface area contributed by atoms with Gasteiger partial charge in [0.2, 0.25) is 0 Å². The molecule has 1 aliphatic rings. The summed E-state index contributed by atoms with van der Waals surface area (Å²) < 4.78 is 12.1. The molecule has 1 heterocycles. The number of ether oxygens (including phenoxy) is 2. The van der Waals surface area contributed by atoms with E-state index < -0.39 is 0 Å². The quantitative estimate of drug-likeness (QED) is 0.0451. The minimum atomic E-state index is -0.0192. The Hall–Kier alpha value is -1.14. The first-order valence-electron chi connectivity index (χ1n) is 26.3. The minimum absolute atomic E-state index is 0.00723. The summed E-state index contributed by atoms with van der Waals surface area (Å²) in [7, 11) is 0. The zero-order valence-corrected chi connectivity index (χ0v) is 39.8. The number of hydrogen-bond acceptors (Lipinski definition) is 6. The van der Waals surface area contributed by atoms with Gasteiger partial charge < -0.3 is 19.3 Å². The Bertz CT molecular complexity index is 861. The zero-order valence-electron chi connectivity index (χ0n) is 39.8. The maximum atomic E-state index is 13.1. The molecule has 1 aliphatic heterocycles. The summed E-state index contributed by atoms with van der Waals surface area (Å²) >= 11 is 0. The third kappa shape index (κ3) is 35.6. The summed E-state index contributed by atoms with van der Waals surface area (Å²) in [5.74, 6) is 0.497. The van der Waals surface area contributed by atoms with Crippen LogP contribution in [0.2, 0.25) is 0 Å². The molecular formula is C52H102N2O4. The molecule has 1 unspecified atom stereocenters. The van der Waals surface area contributed by atoms with E-state index >= 15 is 0 Å².